The lowest BCUT2D eigenvalue weighted by Gasteiger charge is -2.36. The summed E-state index contributed by atoms with van der Waals surface area (Å²) in [6.07, 6.45) is 4.56. The van der Waals surface area contributed by atoms with Crippen LogP contribution in [-0.2, 0) is 13.1 Å². The van der Waals surface area contributed by atoms with Crippen LogP contribution in [-0.4, -0.2) is 24.0 Å². The Hall–Kier alpha value is -0.800. The topological polar surface area (TPSA) is 28.4 Å². The molecule has 0 saturated carbocycles. The minimum atomic E-state index is 0.684. The normalized spacial score (nSPS) is 25.5. The lowest BCUT2D eigenvalue weighted by atomic mass is 9.95. The molecule has 1 aliphatic rings. The highest BCUT2D eigenvalue weighted by molar-refractivity contribution is 5.12. The highest BCUT2D eigenvalue weighted by Crippen LogP contribution is 2.23. The number of nitrogens with one attached hydrogen (secondary N) is 1. The Morgan fingerprint density at radius 2 is 2.22 bits per heavy atom. The maximum Gasteiger partial charge on any atom is 0.118 e. The molecule has 0 aromatic carbocycles. The van der Waals surface area contributed by atoms with Crippen LogP contribution in [0.25, 0.3) is 0 Å². The summed E-state index contributed by atoms with van der Waals surface area (Å²) in [5.41, 5.74) is 1.25. The van der Waals surface area contributed by atoms with Crippen molar-refractivity contribution in [2.45, 2.75) is 52.7 Å². The van der Waals surface area contributed by atoms with E-state index in [1.54, 1.807) is 0 Å². The average molecular weight is 250 g/mol. The van der Waals surface area contributed by atoms with E-state index in [0.29, 0.717) is 6.04 Å². The second kappa shape index (κ2) is 6.39. The number of furan rings is 1. The molecule has 2 atom stereocenters. The van der Waals surface area contributed by atoms with E-state index in [1.807, 2.05) is 6.26 Å². The summed E-state index contributed by atoms with van der Waals surface area (Å²) in [7, 11) is 0. The van der Waals surface area contributed by atoms with Crippen molar-refractivity contribution in [3.05, 3.63) is 23.7 Å². The van der Waals surface area contributed by atoms with Gasteiger partial charge in [0.05, 0.1) is 12.8 Å². The minimum Gasteiger partial charge on any atom is -0.468 e. The molecule has 3 nitrogen and oxygen atoms in total. The first-order valence-electron chi connectivity index (χ1n) is 7.20. The fourth-order valence-electron chi connectivity index (χ4n) is 2.67. The van der Waals surface area contributed by atoms with Gasteiger partial charge in [-0.05, 0) is 38.3 Å². The van der Waals surface area contributed by atoms with Crippen LogP contribution in [0.3, 0.4) is 0 Å². The molecule has 1 aliphatic heterocycles. The Kier molecular flexibility index (Phi) is 4.84. The zero-order valence-corrected chi connectivity index (χ0v) is 11.9. The standard InChI is InChI=1S/C15H26N2O/c1-4-16-8-14-7-15(18-11-14)10-17-9-12(2)5-6-13(17)3/h7,11-13,16H,4-6,8-10H2,1-3H3. The molecule has 0 aliphatic carbocycles. The highest BCUT2D eigenvalue weighted by atomic mass is 16.3. The summed E-state index contributed by atoms with van der Waals surface area (Å²) in [5, 5.41) is 3.32. The second-order valence-electron chi connectivity index (χ2n) is 5.66. The minimum absolute atomic E-state index is 0.684. The number of hydrogen-bond acceptors (Lipinski definition) is 3. The van der Waals surface area contributed by atoms with Crippen LogP contribution in [0.5, 0.6) is 0 Å². The third-order valence-electron chi connectivity index (χ3n) is 3.89. The van der Waals surface area contributed by atoms with Gasteiger partial charge in [0, 0.05) is 24.7 Å². The fraction of sp³-hybridized carbons (Fsp3) is 0.733. The zero-order chi connectivity index (χ0) is 13.0. The molecule has 1 aromatic rings. The third kappa shape index (κ3) is 3.59. The predicted octanol–water partition coefficient (Wildman–Crippen LogP) is 3.01. The van der Waals surface area contributed by atoms with E-state index in [2.05, 4.69) is 37.1 Å². The first kappa shape index (κ1) is 13.6. The Balaban J connectivity index is 1.89. The molecule has 1 fully saturated rings. The van der Waals surface area contributed by atoms with E-state index < -0.39 is 0 Å². The van der Waals surface area contributed by atoms with Gasteiger partial charge in [0.25, 0.3) is 0 Å². The van der Waals surface area contributed by atoms with Crippen molar-refractivity contribution < 1.29 is 4.42 Å². The van der Waals surface area contributed by atoms with Gasteiger partial charge in [-0.3, -0.25) is 4.90 Å². The summed E-state index contributed by atoms with van der Waals surface area (Å²) in [6, 6.07) is 2.87. The van der Waals surface area contributed by atoms with Crippen LogP contribution in [0.2, 0.25) is 0 Å². The van der Waals surface area contributed by atoms with Crippen molar-refractivity contribution in [1.82, 2.24) is 10.2 Å². The van der Waals surface area contributed by atoms with Gasteiger partial charge in [-0.1, -0.05) is 13.8 Å². The Bertz CT molecular complexity index is 361. The van der Waals surface area contributed by atoms with E-state index in [-0.39, 0.29) is 0 Å². The van der Waals surface area contributed by atoms with Gasteiger partial charge >= 0.3 is 0 Å². The Labute approximate surface area is 111 Å². The summed E-state index contributed by atoms with van der Waals surface area (Å²) < 4.78 is 5.67. The van der Waals surface area contributed by atoms with Crippen molar-refractivity contribution in [3.63, 3.8) is 0 Å². The average Bonchev–Trinajstić information content (AvgIpc) is 2.79. The molecule has 3 heteroatoms. The van der Waals surface area contributed by atoms with E-state index >= 15 is 0 Å². The monoisotopic (exact) mass is 250 g/mol. The fourth-order valence-corrected chi connectivity index (χ4v) is 2.67. The quantitative estimate of drug-likeness (QED) is 0.871. The van der Waals surface area contributed by atoms with Crippen LogP contribution >= 0.6 is 0 Å². The Morgan fingerprint density at radius 1 is 1.39 bits per heavy atom. The van der Waals surface area contributed by atoms with Crippen molar-refractivity contribution in [1.29, 1.82) is 0 Å². The van der Waals surface area contributed by atoms with Crippen molar-refractivity contribution in [2.75, 3.05) is 13.1 Å². The molecule has 1 N–H and O–H groups in total. The molecule has 0 amide bonds. The predicted molar refractivity (Wildman–Crippen MR) is 74.4 cm³/mol. The summed E-state index contributed by atoms with van der Waals surface area (Å²) in [5.74, 6) is 1.92. The molecule has 1 saturated heterocycles. The van der Waals surface area contributed by atoms with Crippen LogP contribution < -0.4 is 5.32 Å². The molecule has 2 heterocycles. The molecule has 1 aromatic heterocycles. The molecule has 2 unspecified atom stereocenters. The maximum atomic E-state index is 5.67. The van der Waals surface area contributed by atoms with Crippen molar-refractivity contribution in [2.24, 2.45) is 5.92 Å². The van der Waals surface area contributed by atoms with E-state index in [1.165, 1.54) is 24.9 Å². The molecule has 102 valence electrons. The molecule has 0 spiro atoms. The maximum absolute atomic E-state index is 5.67. The zero-order valence-electron chi connectivity index (χ0n) is 11.9. The highest BCUT2D eigenvalue weighted by Gasteiger charge is 2.23. The first-order chi connectivity index (χ1) is 8.69. The lowest BCUT2D eigenvalue weighted by Crippen LogP contribution is -2.40. The van der Waals surface area contributed by atoms with Crippen LogP contribution in [0.4, 0.5) is 0 Å². The molecule has 0 bridgehead atoms. The van der Waals surface area contributed by atoms with E-state index in [9.17, 15) is 0 Å². The van der Waals surface area contributed by atoms with Crippen molar-refractivity contribution in [3.8, 4) is 0 Å². The molecular weight excluding hydrogens is 224 g/mol. The summed E-state index contributed by atoms with van der Waals surface area (Å²) >= 11 is 0. The lowest BCUT2D eigenvalue weighted by molar-refractivity contribution is 0.109. The number of hydrogen-bond donors (Lipinski definition) is 1. The number of piperidine rings is 1. The van der Waals surface area contributed by atoms with Crippen LogP contribution in [0.15, 0.2) is 16.7 Å². The van der Waals surface area contributed by atoms with E-state index in [0.717, 1.165) is 31.3 Å². The Morgan fingerprint density at radius 3 is 3.00 bits per heavy atom. The van der Waals surface area contributed by atoms with Gasteiger partial charge in [0.15, 0.2) is 0 Å². The molecule has 2 rings (SSSR count). The van der Waals surface area contributed by atoms with Crippen LogP contribution in [0.1, 0.15) is 44.9 Å². The van der Waals surface area contributed by atoms with Gasteiger partial charge in [0.1, 0.15) is 5.76 Å². The first-order valence-corrected chi connectivity index (χ1v) is 7.20. The van der Waals surface area contributed by atoms with Gasteiger partial charge < -0.3 is 9.73 Å². The SMILES string of the molecule is CCNCc1coc(CN2CC(C)CCC2C)c1. The van der Waals surface area contributed by atoms with Gasteiger partial charge in [-0.2, -0.15) is 0 Å². The smallest absolute Gasteiger partial charge is 0.118 e. The van der Waals surface area contributed by atoms with Gasteiger partial charge in [-0.15, -0.1) is 0 Å². The van der Waals surface area contributed by atoms with Crippen molar-refractivity contribution >= 4 is 0 Å². The largest absolute Gasteiger partial charge is 0.468 e. The van der Waals surface area contributed by atoms with Crippen LogP contribution in [0, 0.1) is 5.92 Å². The van der Waals surface area contributed by atoms with E-state index in [4.69, 9.17) is 4.42 Å². The number of likely N-dealkylation sites (tertiary alicyclic amines) is 1. The molecule has 18 heavy (non-hydrogen) atoms. The number of nitrogens with zero attached hydrogens (tertiary/aromatic N) is 1. The third-order valence-corrected chi connectivity index (χ3v) is 3.89. The molecule has 0 radical (unpaired) electrons. The van der Waals surface area contributed by atoms with Gasteiger partial charge in [-0.25, -0.2) is 0 Å². The summed E-state index contributed by atoms with van der Waals surface area (Å²) in [4.78, 5) is 2.55. The number of rotatable bonds is 5. The van der Waals surface area contributed by atoms with Gasteiger partial charge in [0.2, 0.25) is 0 Å². The molecular formula is C15H26N2O. The summed E-state index contributed by atoms with van der Waals surface area (Å²) in [6.45, 7) is 10.9. The second-order valence-corrected chi connectivity index (χ2v) is 5.66.